The molecule has 0 radical (unpaired) electrons. The van der Waals surface area contributed by atoms with Crippen LogP contribution in [0.15, 0.2) is 29.9 Å². The van der Waals surface area contributed by atoms with Gasteiger partial charge in [-0.1, -0.05) is 11.6 Å². The van der Waals surface area contributed by atoms with Crippen molar-refractivity contribution in [2.75, 3.05) is 11.9 Å². The van der Waals surface area contributed by atoms with Gasteiger partial charge in [-0.15, -0.1) is 22.7 Å². The van der Waals surface area contributed by atoms with E-state index in [0.29, 0.717) is 0 Å². The third-order valence-electron chi connectivity index (χ3n) is 2.54. The number of hydrogen-bond acceptors (Lipinski definition) is 5. The Balaban J connectivity index is 1.68. The fourth-order valence-corrected chi connectivity index (χ4v) is 3.60. The molecule has 0 spiro atoms. The Hall–Kier alpha value is -1.17. The van der Waals surface area contributed by atoms with Gasteiger partial charge in [-0.2, -0.15) is 0 Å². The maximum absolute atomic E-state index is 5.90. The van der Waals surface area contributed by atoms with Crippen molar-refractivity contribution in [3.63, 3.8) is 0 Å². The summed E-state index contributed by atoms with van der Waals surface area (Å²) in [5.41, 5.74) is 0.997. The third-order valence-corrected chi connectivity index (χ3v) is 4.74. The van der Waals surface area contributed by atoms with Crippen molar-refractivity contribution in [2.45, 2.75) is 6.42 Å². The number of thiophene rings is 2. The molecular formula is C12H10ClN3S2. The number of hydrogen-bond donors (Lipinski definition) is 1. The molecule has 0 aliphatic heterocycles. The van der Waals surface area contributed by atoms with E-state index < -0.39 is 0 Å². The molecule has 1 N–H and O–H groups in total. The average molecular weight is 296 g/mol. The Bertz CT molecular complexity index is 662. The molecule has 3 nitrogen and oxygen atoms in total. The zero-order valence-electron chi connectivity index (χ0n) is 9.39. The minimum atomic E-state index is 0.840. The van der Waals surface area contributed by atoms with Crippen LogP contribution in [0.25, 0.3) is 10.2 Å². The van der Waals surface area contributed by atoms with Gasteiger partial charge in [0.2, 0.25) is 0 Å². The molecule has 92 valence electrons. The SMILES string of the molecule is Clc1ccc(CCNc2ncnc3ccsc23)s1. The highest BCUT2D eigenvalue weighted by Gasteiger charge is 2.04. The first-order chi connectivity index (χ1) is 8.83. The van der Waals surface area contributed by atoms with E-state index in [4.69, 9.17) is 11.6 Å². The predicted molar refractivity (Wildman–Crippen MR) is 78.9 cm³/mol. The Morgan fingerprint density at radius 1 is 1.22 bits per heavy atom. The second-order valence-corrected chi connectivity index (χ2v) is 6.46. The highest BCUT2D eigenvalue weighted by Crippen LogP contribution is 2.25. The average Bonchev–Trinajstić information content (AvgIpc) is 2.98. The van der Waals surface area contributed by atoms with E-state index in [2.05, 4.69) is 21.4 Å². The van der Waals surface area contributed by atoms with E-state index in [-0.39, 0.29) is 0 Å². The van der Waals surface area contributed by atoms with E-state index in [1.807, 2.05) is 17.5 Å². The van der Waals surface area contributed by atoms with Crippen molar-refractivity contribution < 1.29 is 0 Å². The van der Waals surface area contributed by atoms with E-state index in [1.165, 1.54) is 4.88 Å². The summed E-state index contributed by atoms with van der Waals surface area (Å²) < 4.78 is 1.95. The molecule has 0 saturated carbocycles. The molecule has 0 aromatic carbocycles. The summed E-state index contributed by atoms with van der Waals surface area (Å²) in [6.45, 7) is 0.848. The monoisotopic (exact) mass is 295 g/mol. The minimum Gasteiger partial charge on any atom is -0.368 e. The summed E-state index contributed by atoms with van der Waals surface area (Å²) in [4.78, 5) is 9.78. The lowest BCUT2D eigenvalue weighted by Gasteiger charge is -2.04. The molecule has 3 rings (SSSR count). The molecule has 18 heavy (non-hydrogen) atoms. The molecule has 3 heterocycles. The number of halogens is 1. The maximum atomic E-state index is 5.90. The van der Waals surface area contributed by atoms with E-state index >= 15 is 0 Å². The maximum Gasteiger partial charge on any atom is 0.147 e. The number of rotatable bonds is 4. The van der Waals surface area contributed by atoms with Crippen molar-refractivity contribution in [2.24, 2.45) is 0 Å². The standard InChI is InChI=1S/C12H10ClN3S2/c13-10-2-1-8(18-10)3-5-14-12-11-9(4-6-17-11)15-7-16-12/h1-2,4,6-7H,3,5H2,(H,14,15,16). The Morgan fingerprint density at radius 3 is 3.00 bits per heavy atom. The Morgan fingerprint density at radius 2 is 2.17 bits per heavy atom. The lowest BCUT2D eigenvalue weighted by Crippen LogP contribution is -2.05. The van der Waals surface area contributed by atoms with Crippen LogP contribution in [0.5, 0.6) is 0 Å². The number of aromatic nitrogens is 2. The van der Waals surface area contributed by atoms with Crippen LogP contribution in [0.2, 0.25) is 4.34 Å². The molecule has 0 aliphatic rings. The van der Waals surface area contributed by atoms with E-state index in [0.717, 1.165) is 33.3 Å². The normalized spacial score (nSPS) is 10.9. The van der Waals surface area contributed by atoms with Crippen LogP contribution in [0.1, 0.15) is 4.88 Å². The molecular weight excluding hydrogens is 286 g/mol. The first kappa shape index (κ1) is 11.9. The van der Waals surface area contributed by atoms with Crippen LogP contribution in [0.3, 0.4) is 0 Å². The molecule has 3 aromatic heterocycles. The van der Waals surface area contributed by atoms with Gasteiger partial charge < -0.3 is 5.32 Å². The lowest BCUT2D eigenvalue weighted by atomic mass is 10.3. The molecule has 0 amide bonds. The summed E-state index contributed by atoms with van der Waals surface area (Å²) in [6, 6.07) is 6.00. The molecule has 0 fully saturated rings. The van der Waals surface area contributed by atoms with Gasteiger partial charge in [0, 0.05) is 11.4 Å². The van der Waals surface area contributed by atoms with Crippen LogP contribution in [0.4, 0.5) is 5.82 Å². The largest absolute Gasteiger partial charge is 0.368 e. The van der Waals surface area contributed by atoms with Crippen molar-refractivity contribution in [1.29, 1.82) is 0 Å². The number of nitrogens with zero attached hydrogens (tertiary/aromatic N) is 2. The van der Waals surface area contributed by atoms with Crippen molar-refractivity contribution in [3.05, 3.63) is 39.1 Å². The number of anilines is 1. The van der Waals surface area contributed by atoms with Crippen molar-refractivity contribution in [1.82, 2.24) is 9.97 Å². The first-order valence-electron chi connectivity index (χ1n) is 5.49. The molecule has 0 aliphatic carbocycles. The first-order valence-corrected chi connectivity index (χ1v) is 7.56. The quantitative estimate of drug-likeness (QED) is 0.789. The molecule has 0 unspecified atom stereocenters. The van der Waals surface area contributed by atoms with Crippen LogP contribution in [-0.2, 0) is 6.42 Å². The van der Waals surface area contributed by atoms with Gasteiger partial charge in [0.05, 0.1) is 14.6 Å². The number of fused-ring (bicyclic) bond motifs is 1. The van der Waals surface area contributed by atoms with Crippen LogP contribution in [0, 0.1) is 0 Å². The molecule has 3 aromatic rings. The molecule has 0 bridgehead atoms. The van der Waals surface area contributed by atoms with Gasteiger partial charge in [0.1, 0.15) is 12.1 Å². The van der Waals surface area contributed by atoms with Crippen molar-refractivity contribution in [3.8, 4) is 0 Å². The lowest BCUT2D eigenvalue weighted by molar-refractivity contribution is 1.03. The fraction of sp³-hybridized carbons (Fsp3) is 0.167. The Labute approximate surface area is 117 Å². The second-order valence-electron chi connectivity index (χ2n) is 3.74. The van der Waals surface area contributed by atoms with Gasteiger partial charge in [-0.25, -0.2) is 9.97 Å². The van der Waals surface area contributed by atoms with Gasteiger partial charge in [-0.3, -0.25) is 0 Å². The summed E-state index contributed by atoms with van der Waals surface area (Å²) in [5.74, 6) is 0.914. The van der Waals surface area contributed by atoms with Gasteiger partial charge in [0.15, 0.2) is 0 Å². The second kappa shape index (κ2) is 5.22. The third kappa shape index (κ3) is 2.48. The fourth-order valence-electron chi connectivity index (χ4n) is 1.70. The summed E-state index contributed by atoms with van der Waals surface area (Å²) >= 11 is 9.18. The van der Waals surface area contributed by atoms with Crippen LogP contribution < -0.4 is 5.32 Å². The summed E-state index contributed by atoms with van der Waals surface area (Å²) in [5, 5.41) is 5.39. The Kier molecular flexibility index (Phi) is 3.45. The molecule has 0 atom stereocenters. The van der Waals surface area contributed by atoms with E-state index in [1.54, 1.807) is 29.0 Å². The van der Waals surface area contributed by atoms with Gasteiger partial charge >= 0.3 is 0 Å². The van der Waals surface area contributed by atoms with Crippen LogP contribution in [-0.4, -0.2) is 16.5 Å². The highest BCUT2D eigenvalue weighted by molar-refractivity contribution is 7.17. The number of nitrogens with one attached hydrogen (secondary N) is 1. The summed E-state index contributed by atoms with van der Waals surface area (Å²) in [7, 11) is 0. The highest BCUT2D eigenvalue weighted by atomic mass is 35.5. The van der Waals surface area contributed by atoms with Gasteiger partial charge in [-0.05, 0) is 30.0 Å². The van der Waals surface area contributed by atoms with Crippen LogP contribution >= 0.6 is 34.3 Å². The molecule has 0 saturated heterocycles. The minimum absolute atomic E-state index is 0.840. The summed E-state index contributed by atoms with van der Waals surface area (Å²) in [6.07, 6.45) is 2.55. The zero-order valence-corrected chi connectivity index (χ0v) is 11.8. The van der Waals surface area contributed by atoms with E-state index in [9.17, 15) is 0 Å². The topological polar surface area (TPSA) is 37.8 Å². The van der Waals surface area contributed by atoms with Gasteiger partial charge in [0.25, 0.3) is 0 Å². The zero-order chi connectivity index (χ0) is 12.4. The smallest absolute Gasteiger partial charge is 0.147 e. The molecule has 6 heteroatoms. The predicted octanol–water partition coefficient (Wildman–Crippen LogP) is 4.06. The van der Waals surface area contributed by atoms with Crippen molar-refractivity contribution >= 4 is 50.3 Å².